The van der Waals surface area contributed by atoms with Crippen LogP contribution in [0.3, 0.4) is 0 Å². The summed E-state index contributed by atoms with van der Waals surface area (Å²) < 4.78 is 0. The number of hydrogen-bond acceptors (Lipinski definition) is 4. The van der Waals surface area contributed by atoms with E-state index in [4.69, 9.17) is 5.11 Å². The molecule has 0 radical (unpaired) electrons. The van der Waals surface area contributed by atoms with Crippen LogP contribution in [0, 0.1) is 0 Å². The fraction of sp³-hybridized carbons (Fsp3) is 0.385. The first kappa shape index (κ1) is 15.8. The summed E-state index contributed by atoms with van der Waals surface area (Å²) in [4.78, 5) is 23.1. The van der Waals surface area contributed by atoms with E-state index in [0.29, 0.717) is 5.56 Å². The molecule has 0 aliphatic heterocycles. The van der Waals surface area contributed by atoms with Crippen LogP contribution in [-0.4, -0.2) is 34.5 Å². The summed E-state index contributed by atoms with van der Waals surface area (Å²) >= 11 is 3.13. The lowest BCUT2D eigenvalue weighted by atomic mass is 10.2. The molecule has 0 bridgehead atoms. The highest BCUT2D eigenvalue weighted by atomic mass is 32.2. The number of thioether (sulfide) groups is 1. The van der Waals surface area contributed by atoms with Gasteiger partial charge in [-0.15, -0.1) is 11.3 Å². The molecule has 0 aromatic carbocycles. The molecule has 1 atom stereocenters. The molecule has 0 fully saturated rings. The van der Waals surface area contributed by atoms with E-state index in [9.17, 15) is 9.59 Å². The normalized spacial score (nSPS) is 12.5. The standard InChI is InChI=1S/C13H17NO3S2/c1-3-18-7-9(2)14-13(17)10-6-11(19-8-10)4-5-12(15)16/h4-6,8-9H,3,7H2,1-2H3,(H,14,17)(H,15,16)/b5-4+. The minimum Gasteiger partial charge on any atom is -0.478 e. The number of nitrogens with one attached hydrogen (secondary N) is 1. The molecule has 0 saturated heterocycles. The largest absolute Gasteiger partial charge is 0.478 e. The van der Waals surface area contributed by atoms with E-state index < -0.39 is 5.97 Å². The average molecular weight is 299 g/mol. The third-order valence-corrected chi connectivity index (χ3v) is 4.26. The van der Waals surface area contributed by atoms with Crippen LogP contribution in [0.1, 0.15) is 29.1 Å². The molecule has 1 unspecified atom stereocenters. The van der Waals surface area contributed by atoms with Crippen LogP contribution in [0.25, 0.3) is 6.08 Å². The van der Waals surface area contributed by atoms with Gasteiger partial charge < -0.3 is 10.4 Å². The molecule has 1 rings (SSSR count). The van der Waals surface area contributed by atoms with Crippen molar-refractivity contribution >= 4 is 41.1 Å². The van der Waals surface area contributed by atoms with Crippen LogP contribution in [0.5, 0.6) is 0 Å². The van der Waals surface area contributed by atoms with E-state index in [1.54, 1.807) is 23.2 Å². The molecule has 1 heterocycles. The minimum atomic E-state index is -0.996. The number of thiophene rings is 1. The molecule has 6 heteroatoms. The third kappa shape index (κ3) is 5.94. The Hall–Kier alpha value is -1.27. The van der Waals surface area contributed by atoms with Crippen LogP contribution < -0.4 is 5.32 Å². The summed E-state index contributed by atoms with van der Waals surface area (Å²) in [5, 5.41) is 13.2. The molecule has 0 aliphatic carbocycles. The van der Waals surface area contributed by atoms with Crippen molar-refractivity contribution in [3.8, 4) is 0 Å². The van der Waals surface area contributed by atoms with E-state index in [1.807, 2.05) is 6.92 Å². The molecule has 19 heavy (non-hydrogen) atoms. The Bertz CT molecular complexity index is 468. The van der Waals surface area contributed by atoms with Gasteiger partial charge >= 0.3 is 5.97 Å². The van der Waals surface area contributed by atoms with Crippen LogP contribution in [0.15, 0.2) is 17.5 Å². The number of hydrogen-bond donors (Lipinski definition) is 2. The highest BCUT2D eigenvalue weighted by Gasteiger charge is 2.11. The Morgan fingerprint density at radius 3 is 2.95 bits per heavy atom. The van der Waals surface area contributed by atoms with Gasteiger partial charge in [-0.2, -0.15) is 11.8 Å². The quantitative estimate of drug-likeness (QED) is 0.760. The molecule has 1 aromatic heterocycles. The lowest BCUT2D eigenvalue weighted by Gasteiger charge is -2.12. The number of aliphatic carboxylic acids is 1. The topological polar surface area (TPSA) is 66.4 Å². The Balaban J connectivity index is 2.56. The maximum Gasteiger partial charge on any atom is 0.328 e. The van der Waals surface area contributed by atoms with Gasteiger partial charge in [0.1, 0.15) is 0 Å². The van der Waals surface area contributed by atoms with Crippen molar-refractivity contribution in [1.82, 2.24) is 5.32 Å². The Kier molecular flexibility index (Phi) is 6.66. The molecule has 1 amide bonds. The lowest BCUT2D eigenvalue weighted by Crippen LogP contribution is -2.34. The van der Waals surface area contributed by atoms with Gasteiger partial charge in [-0.1, -0.05) is 6.92 Å². The van der Waals surface area contributed by atoms with Crippen molar-refractivity contribution in [3.05, 3.63) is 28.0 Å². The fourth-order valence-corrected chi connectivity index (χ4v) is 2.81. The van der Waals surface area contributed by atoms with Crippen LogP contribution in [-0.2, 0) is 4.79 Å². The first-order chi connectivity index (χ1) is 9.02. The van der Waals surface area contributed by atoms with E-state index in [1.165, 1.54) is 17.4 Å². The van der Waals surface area contributed by atoms with Gasteiger partial charge in [0.2, 0.25) is 0 Å². The van der Waals surface area contributed by atoms with Gasteiger partial charge in [0.25, 0.3) is 5.91 Å². The highest BCUT2D eigenvalue weighted by Crippen LogP contribution is 2.16. The second-order valence-electron chi connectivity index (χ2n) is 3.94. The Morgan fingerprint density at radius 1 is 1.58 bits per heavy atom. The monoisotopic (exact) mass is 299 g/mol. The van der Waals surface area contributed by atoms with E-state index in [0.717, 1.165) is 22.5 Å². The lowest BCUT2D eigenvalue weighted by molar-refractivity contribution is -0.131. The number of carboxylic acids is 1. The van der Waals surface area contributed by atoms with Crippen LogP contribution in [0.4, 0.5) is 0 Å². The Labute approximate surface area is 120 Å². The maximum atomic E-state index is 11.9. The number of amides is 1. The second kappa shape index (κ2) is 8.01. The van der Waals surface area contributed by atoms with Crippen LogP contribution in [0.2, 0.25) is 0 Å². The van der Waals surface area contributed by atoms with Crippen LogP contribution >= 0.6 is 23.1 Å². The van der Waals surface area contributed by atoms with E-state index in [2.05, 4.69) is 12.2 Å². The number of carboxylic acid groups (broad SMARTS) is 1. The zero-order valence-corrected chi connectivity index (χ0v) is 12.5. The van der Waals surface area contributed by atoms with Gasteiger partial charge in [0.15, 0.2) is 0 Å². The molecule has 4 nitrogen and oxygen atoms in total. The molecular formula is C13H17NO3S2. The number of rotatable bonds is 7. The summed E-state index contributed by atoms with van der Waals surface area (Å²) in [6, 6.07) is 1.81. The summed E-state index contributed by atoms with van der Waals surface area (Å²) in [7, 11) is 0. The highest BCUT2D eigenvalue weighted by molar-refractivity contribution is 7.99. The first-order valence-electron chi connectivity index (χ1n) is 5.91. The smallest absolute Gasteiger partial charge is 0.328 e. The summed E-state index contributed by atoms with van der Waals surface area (Å²) in [6.07, 6.45) is 2.55. The predicted molar refractivity (Wildman–Crippen MR) is 80.9 cm³/mol. The summed E-state index contributed by atoms with van der Waals surface area (Å²) in [5.74, 6) is 0.807. The molecule has 0 aliphatic rings. The summed E-state index contributed by atoms with van der Waals surface area (Å²) in [6.45, 7) is 4.05. The second-order valence-corrected chi connectivity index (χ2v) is 6.21. The van der Waals surface area contributed by atoms with Crippen molar-refractivity contribution in [2.75, 3.05) is 11.5 Å². The van der Waals surface area contributed by atoms with Gasteiger partial charge in [-0.25, -0.2) is 4.79 Å². The molecule has 0 saturated carbocycles. The van der Waals surface area contributed by atoms with Crippen molar-refractivity contribution in [2.45, 2.75) is 19.9 Å². The zero-order chi connectivity index (χ0) is 14.3. The number of carbonyl (C=O) groups excluding carboxylic acids is 1. The molecule has 2 N–H and O–H groups in total. The zero-order valence-electron chi connectivity index (χ0n) is 10.9. The molecule has 1 aromatic rings. The van der Waals surface area contributed by atoms with E-state index in [-0.39, 0.29) is 11.9 Å². The van der Waals surface area contributed by atoms with Gasteiger partial charge in [-0.05, 0) is 24.8 Å². The van der Waals surface area contributed by atoms with Crippen molar-refractivity contribution < 1.29 is 14.7 Å². The maximum absolute atomic E-state index is 11.9. The van der Waals surface area contributed by atoms with Crippen molar-refractivity contribution in [2.24, 2.45) is 0 Å². The SMILES string of the molecule is CCSCC(C)NC(=O)c1csc(/C=C/C(=O)O)c1. The number of carbonyl (C=O) groups is 2. The van der Waals surface area contributed by atoms with Gasteiger partial charge in [0, 0.05) is 28.1 Å². The van der Waals surface area contributed by atoms with Crippen molar-refractivity contribution in [3.63, 3.8) is 0 Å². The third-order valence-electron chi connectivity index (χ3n) is 2.22. The first-order valence-corrected chi connectivity index (χ1v) is 7.94. The molecule has 0 spiro atoms. The summed E-state index contributed by atoms with van der Waals surface area (Å²) in [5.41, 5.74) is 0.573. The van der Waals surface area contributed by atoms with Gasteiger partial charge in [0.05, 0.1) is 5.56 Å². The Morgan fingerprint density at radius 2 is 2.32 bits per heavy atom. The molecular weight excluding hydrogens is 282 g/mol. The van der Waals surface area contributed by atoms with Gasteiger partial charge in [-0.3, -0.25) is 4.79 Å². The van der Waals surface area contributed by atoms with Crippen molar-refractivity contribution in [1.29, 1.82) is 0 Å². The molecule has 104 valence electrons. The average Bonchev–Trinajstić information content (AvgIpc) is 2.82. The fourth-order valence-electron chi connectivity index (χ4n) is 1.36. The van der Waals surface area contributed by atoms with E-state index >= 15 is 0 Å². The minimum absolute atomic E-state index is 0.115. The predicted octanol–water partition coefficient (Wildman–Crippen LogP) is 2.72.